The standard InChI is InChI=1S/C52H54N10O6.C34H34N8O4.C18H12N2O2/c1-53-47(63)29-19-21-43-45(23-29)61-51(67)57-27-41-35-15-7-9-17-37(35)42(38-18-10-8-16-36(38)41)28-58-52(68)62-46-24-30(48(64)54-2)20-22-44(46)60-50(66)56-26-40-33-13-5-3-11-31(33)39(25-55-49(65)59-43)32-12-4-6-14-34(32)40;1-37-31(43)19-11-13-29(27(35)15-19)41-33(45)39-17-25-21-7-3-5-9-23(21)26(24-10-6-4-8-22(24)25)18-40-34(46)42-30-14-12-20(16-28(30)36)32(44)38-2;19-11-22-10-18-15-7-3-1-5-13(15)17(9-20-12-21)14-6-2-4-8-16(14)18/h3,5,7,9,11,13,15,17,19-24H,4,6,8,10,12,14,16,18,25-28H2,1-2H3,(H,53,63)(H,54,64)(H2,55,59,65)(H2,56,60,66)(H2,57,61,67)(H2,58,62,68);3-16H,17-18,35-36H2,1-2H3,(H,37,43)(H,38,44)(H2,39,41,45)(H2,40,42,46);1-8H,9-10H2. The molecule has 0 aromatic heterocycles. The van der Waals surface area contributed by atoms with Crippen LogP contribution in [0.4, 0.5) is 74.3 Å². The number of carbonyl (C=O) groups is 10. The van der Waals surface area contributed by atoms with Crippen LogP contribution in [0.1, 0.15) is 134 Å². The van der Waals surface area contributed by atoms with E-state index in [0.717, 1.165) is 183 Å². The highest BCUT2D eigenvalue weighted by molar-refractivity contribution is 6.10. The minimum Gasteiger partial charge on any atom is -0.423 e. The maximum atomic E-state index is 13.9. The maximum Gasteiger partial charge on any atom is 0.319 e. The number of hydrogen-bond acceptors (Lipinski definition) is 16. The predicted molar refractivity (Wildman–Crippen MR) is 530 cm³/mol. The summed E-state index contributed by atoms with van der Waals surface area (Å²) >= 11 is 0. The summed E-state index contributed by atoms with van der Waals surface area (Å²) < 4.78 is 4.98. The molecule has 14 aromatic carbocycles. The van der Waals surface area contributed by atoms with Crippen molar-refractivity contribution in [1.29, 1.82) is 5.26 Å². The molecule has 0 saturated carbocycles. The number of aliphatic imine (C=N–C) groups is 1. The third kappa shape index (κ3) is 20.9. The van der Waals surface area contributed by atoms with E-state index in [2.05, 4.69) is 90.1 Å². The predicted octanol–water partition coefficient (Wildman–Crippen LogP) is 16.4. The molecule has 0 unspecified atom stereocenters. The highest BCUT2D eigenvalue weighted by Gasteiger charge is 2.28. The van der Waals surface area contributed by atoms with Gasteiger partial charge in [-0.3, -0.25) is 19.2 Å². The zero-order valence-electron chi connectivity index (χ0n) is 75.0. The van der Waals surface area contributed by atoms with E-state index in [1.807, 2.05) is 146 Å². The van der Waals surface area contributed by atoms with Gasteiger partial charge in [-0.1, -0.05) is 146 Å². The lowest BCUT2D eigenvalue weighted by Gasteiger charge is -2.27. The van der Waals surface area contributed by atoms with Gasteiger partial charge >= 0.3 is 36.2 Å². The van der Waals surface area contributed by atoms with E-state index in [1.54, 1.807) is 60.9 Å². The molecule has 0 spiro atoms. The Labute approximate surface area is 781 Å². The number of carbonyl (C=O) groups excluding carboxylic acids is 11. The summed E-state index contributed by atoms with van der Waals surface area (Å²) in [5, 5.41) is 65.6. The number of nitrogen functional groups attached to an aromatic ring is 2. The van der Waals surface area contributed by atoms with Gasteiger partial charge in [0.15, 0.2) is 0 Å². The first kappa shape index (κ1) is 93.1. The number of benzene rings is 14. The highest BCUT2D eigenvalue weighted by atomic mass is 16.5. The Hall–Kier alpha value is -17.6. The molecule has 0 fully saturated rings. The summed E-state index contributed by atoms with van der Waals surface area (Å²) in [6, 6.07) is 62.9. The molecule has 20 N–H and O–H groups in total. The maximum absolute atomic E-state index is 13.9. The molecule has 0 saturated heterocycles. The molecule has 32 nitrogen and oxygen atoms in total. The number of anilines is 8. The van der Waals surface area contributed by atoms with Gasteiger partial charge in [0.25, 0.3) is 29.9 Å². The number of nitrogens with one attached hydrogen (secondary N) is 16. The minimum atomic E-state index is -0.532. The summed E-state index contributed by atoms with van der Waals surface area (Å²) in [6.07, 6.45) is 10.3. The second-order valence-corrected chi connectivity index (χ2v) is 32.5. The lowest BCUT2D eigenvalue weighted by molar-refractivity contribution is 0.0955. The van der Waals surface area contributed by atoms with E-state index in [4.69, 9.17) is 21.5 Å². The second kappa shape index (κ2) is 43.0. The Bertz CT molecular complexity index is 6780. The number of amides is 16. The summed E-state index contributed by atoms with van der Waals surface area (Å²) in [4.78, 5) is 145. The molecule has 136 heavy (non-hydrogen) atoms. The average Bonchev–Trinajstić information content (AvgIpc) is 0.762. The molecule has 3 aliphatic rings. The second-order valence-electron chi connectivity index (χ2n) is 32.5. The number of hydrogen-bond donors (Lipinski definition) is 18. The number of isocyanates is 1. The lowest BCUT2D eigenvalue weighted by Crippen LogP contribution is -2.33. The third-order valence-corrected chi connectivity index (χ3v) is 24.6. The minimum absolute atomic E-state index is 0.184. The van der Waals surface area contributed by atoms with E-state index in [9.17, 15) is 52.7 Å². The number of nitrogens with zero attached hydrogens (tertiary/aromatic N) is 2. The zero-order chi connectivity index (χ0) is 95.5. The van der Waals surface area contributed by atoms with Gasteiger partial charge in [0.1, 0.15) is 6.61 Å². The Balaban J connectivity index is 0.000000177. The van der Waals surface area contributed by atoms with Gasteiger partial charge in [0.05, 0.1) is 52.0 Å². The van der Waals surface area contributed by atoms with Crippen molar-refractivity contribution in [2.45, 2.75) is 104 Å². The zero-order valence-corrected chi connectivity index (χ0v) is 75.0. The first-order valence-electron chi connectivity index (χ1n) is 44.4. The molecule has 17 rings (SSSR count). The van der Waals surface area contributed by atoms with Crippen LogP contribution in [0.25, 0.3) is 64.6 Å². The molecule has 1 heterocycles. The van der Waals surface area contributed by atoms with Crippen molar-refractivity contribution in [3.05, 3.63) is 307 Å². The molecular weight excluding hydrogens is 1720 g/mol. The van der Waals surface area contributed by atoms with Crippen LogP contribution in [0.3, 0.4) is 0 Å². The van der Waals surface area contributed by atoms with Crippen molar-refractivity contribution < 1.29 is 57.5 Å². The first-order chi connectivity index (χ1) is 66.1. The van der Waals surface area contributed by atoms with Crippen LogP contribution in [0.5, 0.6) is 0 Å². The van der Waals surface area contributed by atoms with Crippen LogP contribution in [0.2, 0.25) is 0 Å². The largest absolute Gasteiger partial charge is 0.423 e. The monoisotopic (exact) mass is 1820 g/mol. The van der Waals surface area contributed by atoms with Crippen molar-refractivity contribution in [3.8, 4) is 6.26 Å². The van der Waals surface area contributed by atoms with Crippen LogP contribution >= 0.6 is 0 Å². The van der Waals surface area contributed by atoms with E-state index in [1.165, 1.54) is 52.5 Å². The molecule has 4 bridgehead atoms. The Morgan fingerprint density at radius 1 is 0.353 bits per heavy atom. The van der Waals surface area contributed by atoms with Crippen molar-refractivity contribution in [1.82, 2.24) is 53.2 Å². The van der Waals surface area contributed by atoms with Gasteiger partial charge in [0, 0.05) is 95.3 Å². The van der Waals surface area contributed by atoms with Gasteiger partial charge in [-0.25, -0.2) is 38.6 Å². The van der Waals surface area contributed by atoms with E-state index in [-0.39, 0.29) is 98.8 Å². The molecule has 1 aliphatic heterocycles. The fourth-order valence-electron chi connectivity index (χ4n) is 18.2. The van der Waals surface area contributed by atoms with Gasteiger partial charge in [0.2, 0.25) is 6.08 Å². The number of urea groups is 6. The van der Waals surface area contributed by atoms with Crippen molar-refractivity contribution in [2.24, 2.45) is 4.99 Å². The van der Waals surface area contributed by atoms with Crippen molar-refractivity contribution in [3.63, 3.8) is 0 Å². The number of ether oxygens (including phenoxy) is 1. The first-order valence-corrected chi connectivity index (χ1v) is 44.4. The van der Waals surface area contributed by atoms with E-state index < -0.39 is 36.2 Å². The summed E-state index contributed by atoms with van der Waals surface area (Å²) in [6.45, 7) is 1.69. The van der Waals surface area contributed by atoms with Crippen LogP contribution < -0.4 is 96.5 Å². The van der Waals surface area contributed by atoms with Crippen molar-refractivity contribution >= 4 is 176 Å². The Morgan fingerprint density at radius 3 is 0.912 bits per heavy atom. The number of nitrogens with two attached hydrogens (primary N) is 2. The molecule has 688 valence electrons. The molecule has 32 heteroatoms. The van der Waals surface area contributed by atoms with Crippen LogP contribution in [-0.4, -0.2) is 94.1 Å². The normalized spacial score (nSPS) is 13.1. The molecule has 0 radical (unpaired) electrons. The van der Waals surface area contributed by atoms with Gasteiger partial charge < -0.3 is 101 Å². The Morgan fingerprint density at radius 2 is 0.625 bits per heavy atom. The smallest absolute Gasteiger partial charge is 0.319 e. The number of fused-ring (bicyclic) bond motifs is 12. The summed E-state index contributed by atoms with van der Waals surface area (Å²) in [5.74, 6) is -1.27. The van der Waals surface area contributed by atoms with Crippen molar-refractivity contribution in [2.75, 3.05) is 71.6 Å². The van der Waals surface area contributed by atoms with Gasteiger partial charge in [-0.05, 0) is 250 Å². The van der Waals surface area contributed by atoms with Crippen LogP contribution in [0, 0.1) is 11.5 Å². The number of rotatable bonds is 14. The lowest BCUT2D eigenvalue weighted by atomic mass is 9.81. The SMILES string of the molecule is CNC(=O)c1ccc(NC(=O)NCc2c3ccccc3c(CNC(=O)Nc3ccc(C(=O)NC)cc3N)c3ccccc23)c(N)c1.CNC(=O)c1ccc2c(c1)NC(=O)NCc1c3c(c(c4ccccc14)CNC(=O)Nc1cc(C(=O)NC)ccc1NC(=O)NCc1c4c(c(c5ccccc15)CNC(=O)N2)CCCC4)CCCC3.N#COCc1c2ccccc2c(CN=C=O)c2ccccc12. The van der Waals surface area contributed by atoms with Crippen LogP contribution in [-0.2, 0) is 87.6 Å². The van der Waals surface area contributed by atoms with Gasteiger partial charge in [-0.15, -0.1) is 0 Å². The molecule has 2 aliphatic carbocycles. The van der Waals surface area contributed by atoms with Crippen LogP contribution in [0.15, 0.2) is 223 Å². The summed E-state index contributed by atoms with van der Waals surface area (Å²) in [5.41, 5.74) is 28.0. The van der Waals surface area contributed by atoms with Gasteiger partial charge in [-0.2, -0.15) is 5.26 Å². The highest BCUT2D eigenvalue weighted by Crippen LogP contribution is 2.41. The Kier molecular flexibility index (Phi) is 29.4. The topological polar surface area (TPSA) is 478 Å². The quantitative estimate of drug-likeness (QED) is 0.0158. The van der Waals surface area contributed by atoms with E-state index in [0.29, 0.717) is 45.0 Å². The molecule has 16 amide bonds. The summed E-state index contributed by atoms with van der Waals surface area (Å²) in [7, 11) is 6.10. The molecule has 0 atom stereocenters. The fraction of sp³-hybridized carbons (Fsp3) is 0.192. The average molecular weight is 1820 g/mol. The fourth-order valence-corrected chi connectivity index (χ4v) is 18.2. The molecule has 14 aromatic rings. The molecular formula is C104H100N20O12. The number of nitriles is 1. The van der Waals surface area contributed by atoms with E-state index >= 15 is 0 Å². The third-order valence-electron chi connectivity index (χ3n) is 24.6.